The second-order valence-corrected chi connectivity index (χ2v) is 4.99. The van der Waals surface area contributed by atoms with E-state index in [-0.39, 0.29) is 13.4 Å². The van der Waals surface area contributed by atoms with Gasteiger partial charge in [0.25, 0.3) is 0 Å². The molecule has 0 saturated heterocycles. The number of hydrogen-bond donors (Lipinski definition) is 1. The van der Waals surface area contributed by atoms with Crippen LogP contribution in [0.15, 0.2) is 30.5 Å². The molecule has 2 rings (SSSR count). The molecule has 1 aromatic heterocycles. The van der Waals surface area contributed by atoms with E-state index in [2.05, 4.69) is 4.98 Å². The largest absolute Gasteiger partial charge is 0.455 e. The number of hydrogen-bond acceptors (Lipinski definition) is 8. The molecule has 1 heterocycles. The number of fused-ring (bicyclic) bond motifs is 1. The van der Waals surface area contributed by atoms with E-state index in [9.17, 15) is 4.79 Å². The number of nitrogens with zero attached hydrogens (tertiary/aromatic N) is 1. The normalized spacial score (nSPS) is 10.8. The van der Waals surface area contributed by atoms with Crippen LogP contribution in [0.2, 0.25) is 0 Å². The number of nitrogen functional groups attached to an aromatic ring is 1. The first kappa shape index (κ1) is 18.9. The van der Waals surface area contributed by atoms with Gasteiger partial charge in [-0.1, -0.05) is 0 Å². The molecule has 0 amide bonds. The van der Waals surface area contributed by atoms with Crippen molar-refractivity contribution in [2.24, 2.45) is 0 Å². The summed E-state index contributed by atoms with van der Waals surface area (Å²) in [5, 5.41) is 0.781. The van der Waals surface area contributed by atoms with Crippen LogP contribution in [0.3, 0.4) is 0 Å². The van der Waals surface area contributed by atoms with Gasteiger partial charge in [0.15, 0.2) is 0 Å². The van der Waals surface area contributed by atoms with Crippen LogP contribution in [-0.4, -0.2) is 57.9 Å². The smallest absolute Gasteiger partial charge is 0.334 e. The summed E-state index contributed by atoms with van der Waals surface area (Å²) in [5.41, 5.74) is 7.11. The van der Waals surface area contributed by atoms with Crippen molar-refractivity contribution in [3.05, 3.63) is 30.5 Å². The third-order valence-corrected chi connectivity index (χ3v) is 3.22. The molecule has 0 saturated carbocycles. The predicted octanol–water partition coefficient (Wildman–Crippen LogP) is 1.38. The minimum atomic E-state index is -0.524. The van der Waals surface area contributed by atoms with Gasteiger partial charge in [-0.25, -0.2) is 4.79 Å². The highest BCUT2D eigenvalue weighted by molar-refractivity contribution is 5.94. The Kier molecular flexibility index (Phi) is 7.90. The number of esters is 1. The van der Waals surface area contributed by atoms with Crippen molar-refractivity contribution in [3.8, 4) is 5.75 Å². The Bertz CT molecular complexity index is 679. The highest BCUT2D eigenvalue weighted by Gasteiger charge is 2.08. The number of aromatic nitrogens is 1. The van der Waals surface area contributed by atoms with Gasteiger partial charge >= 0.3 is 5.97 Å². The number of methoxy groups -OCH3 is 1. The maximum Gasteiger partial charge on any atom is 0.334 e. The first-order chi connectivity index (χ1) is 12.2. The molecule has 2 N–H and O–H groups in total. The number of rotatable bonds is 11. The van der Waals surface area contributed by atoms with Crippen LogP contribution in [0.25, 0.3) is 10.9 Å². The molecule has 8 nitrogen and oxygen atoms in total. The summed E-state index contributed by atoms with van der Waals surface area (Å²) in [4.78, 5) is 15.8. The maximum absolute atomic E-state index is 11.6. The van der Waals surface area contributed by atoms with Crippen LogP contribution in [0.1, 0.15) is 0 Å². The average Bonchev–Trinajstić information content (AvgIpc) is 2.63. The third kappa shape index (κ3) is 6.18. The Labute approximate surface area is 145 Å². The van der Waals surface area contributed by atoms with Gasteiger partial charge in [0, 0.05) is 24.4 Å². The summed E-state index contributed by atoms with van der Waals surface area (Å²) in [5.74, 6) is -0.0327. The van der Waals surface area contributed by atoms with Gasteiger partial charge in [-0.05, 0) is 24.3 Å². The number of nitrogens with two attached hydrogens (primary N) is 1. The highest BCUT2D eigenvalue weighted by atomic mass is 16.7. The number of pyridine rings is 1. The first-order valence-electron chi connectivity index (χ1n) is 7.78. The summed E-state index contributed by atoms with van der Waals surface area (Å²) in [6, 6.07) is 7.04. The SMILES string of the molecule is COCCOCCOCC(=O)OCOc1ccc(N)c2cccnc12. The molecule has 25 heavy (non-hydrogen) atoms. The first-order valence-corrected chi connectivity index (χ1v) is 7.78. The molecule has 8 heteroatoms. The summed E-state index contributed by atoms with van der Waals surface area (Å²) in [6.45, 7) is 1.29. The van der Waals surface area contributed by atoms with Gasteiger partial charge in [-0.2, -0.15) is 0 Å². The molecule has 0 atom stereocenters. The number of ether oxygens (including phenoxy) is 5. The zero-order valence-electron chi connectivity index (χ0n) is 14.1. The summed E-state index contributed by atoms with van der Waals surface area (Å²) in [7, 11) is 1.60. The van der Waals surface area contributed by atoms with Gasteiger partial charge in [-0.15, -0.1) is 0 Å². The lowest BCUT2D eigenvalue weighted by molar-refractivity contribution is -0.156. The van der Waals surface area contributed by atoms with Crippen LogP contribution in [0, 0.1) is 0 Å². The Hall–Kier alpha value is -2.42. The van der Waals surface area contributed by atoms with Crippen molar-refractivity contribution >= 4 is 22.6 Å². The van der Waals surface area contributed by atoms with E-state index in [1.807, 2.05) is 6.07 Å². The van der Waals surface area contributed by atoms with Crippen molar-refractivity contribution in [2.75, 3.05) is 52.7 Å². The fourth-order valence-electron chi connectivity index (χ4n) is 2.00. The van der Waals surface area contributed by atoms with Crippen LogP contribution in [0.5, 0.6) is 5.75 Å². The number of benzene rings is 1. The van der Waals surface area contributed by atoms with Gasteiger partial charge in [0.2, 0.25) is 6.79 Å². The zero-order chi connectivity index (χ0) is 17.9. The molecular formula is C17H22N2O6. The van der Waals surface area contributed by atoms with Gasteiger partial charge in [-0.3, -0.25) is 4.98 Å². The molecular weight excluding hydrogens is 328 g/mol. The monoisotopic (exact) mass is 350 g/mol. The third-order valence-electron chi connectivity index (χ3n) is 3.22. The molecule has 0 unspecified atom stereocenters. The summed E-state index contributed by atoms with van der Waals surface area (Å²) >= 11 is 0. The van der Waals surface area contributed by atoms with E-state index < -0.39 is 5.97 Å². The van der Waals surface area contributed by atoms with E-state index in [1.54, 1.807) is 31.5 Å². The summed E-state index contributed by atoms with van der Waals surface area (Å²) < 4.78 is 25.6. The second-order valence-electron chi connectivity index (χ2n) is 4.99. The summed E-state index contributed by atoms with van der Waals surface area (Å²) in [6.07, 6.45) is 1.64. The molecule has 0 aliphatic rings. The molecule has 0 spiro atoms. The Morgan fingerprint density at radius 1 is 1.12 bits per heavy atom. The predicted molar refractivity (Wildman–Crippen MR) is 91.3 cm³/mol. The van der Waals surface area contributed by atoms with E-state index in [0.717, 1.165) is 5.39 Å². The Balaban J connectivity index is 1.67. The van der Waals surface area contributed by atoms with Crippen LogP contribution in [0.4, 0.5) is 5.69 Å². The van der Waals surface area contributed by atoms with Gasteiger partial charge in [0.05, 0.1) is 26.4 Å². The van der Waals surface area contributed by atoms with Gasteiger partial charge < -0.3 is 29.4 Å². The molecule has 1 aromatic carbocycles. The second kappa shape index (κ2) is 10.4. The molecule has 0 aliphatic carbocycles. The van der Waals surface area contributed by atoms with Crippen molar-refractivity contribution in [3.63, 3.8) is 0 Å². The molecule has 136 valence electrons. The van der Waals surface area contributed by atoms with Crippen LogP contribution >= 0.6 is 0 Å². The number of carbonyl (C=O) groups is 1. The number of carbonyl (C=O) groups excluding carboxylic acids is 1. The maximum atomic E-state index is 11.6. The molecule has 0 bridgehead atoms. The van der Waals surface area contributed by atoms with Gasteiger partial charge in [0.1, 0.15) is 17.9 Å². The Morgan fingerprint density at radius 3 is 2.76 bits per heavy atom. The van der Waals surface area contributed by atoms with Crippen molar-refractivity contribution in [2.45, 2.75) is 0 Å². The number of anilines is 1. The molecule has 2 aromatic rings. The lowest BCUT2D eigenvalue weighted by atomic mass is 10.2. The lowest BCUT2D eigenvalue weighted by Gasteiger charge is -2.10. The van der Waals surface area contributed by atoms with Crippen molar-refractivity contribution in [1.82, 2.24) is 4.98 Å². The topological polar surface area (TPSA) is 102 Å². The molecule has 0 radical (unpaired) electrons. The van der Waals surface area contributed by atoms with Crippen LogP contribution < -0.4 is 10.5 Å². The average molecular weight is 350 g/mol. The fraction of sp³-hybridized carbons (Fsp3) is 0.412. The fourth-order valence-corrected chi connectivity index (χ4v) is 2.00. The van der Waals surface area contributed by atoms with E-state index in [0.29, 0.717) is 43.4 Å². The van der Waals surface area contributed by atoms with E-state index in [1.165, 1.54) is 0 Å². The zero-order valence-corrected chi connectivity index (χ0v) is 14.1. The Morgan fingerprint density at radius 2 is 1.92 bits per heavy atom. The van der Waals surface area contributed by atoms with Crippen molar-refractivity contribution in [1.29, 1.82) is 0 Å². The highest BCUT2D eigenvalue weighted by Crippen LogP contribution is 2.27. The minimum absolute atomic E-state index is 0.169. The van der Waals surface area contributed by atoms with Crippen molar-refractivity contribution < 1.29 is 28.5 Å². The van der Waals surface area contributed by atoms with Crippen LogP contribution in [-0.2, 0) is 23.7 Å². The van der Waals surface area contributed by atoms with E-state index >= 15 is 0 Å². The lowest BCUT2D eigenvalue weighted by Crippen LogP contribution is -2.18. The van der Waals surface area contributed by atoms with E-state index in [4.69, 9.17) is 29.4 Å². The minimum Gasteiger partial charge on any atom is -0.455 e. The quantitative estimate of drug-likeness (QED) is 0.281. The molecule has 0 aliphatic heterocycles. The standard InChI is InChI=1S/C17H22N2O6/c1-21-7-8-22-9-10-23-11-16(20)25-12-24-15-5-4-14(18)13-3-2-6-19-17(13)15/h2-6H,7-12,18H2,1H3. The molecule has 0 fully saturated rings.